The summed E-state index contributed by atoms with van der Waals surface area (Å²) in [5.74, 6) is 0.899. The minimum atomic E-state index is -0.177. The van der Waals surface area contributed by atoms with E-state index in [0.717, 1.165) is 13.0 Å². The van der Waals surface area contributed by atoms with Crippen molar-refractivity contribution >= 4 is 18.5 Å². The van der Waals surface area contributed by atoms with Crippen molar-refractivity contribution in [2.45, 2.75) is 39.4 Å². The maximum absolute atomic E-state index is 11.4. The number of thiol groups is 1. The van der Waals surface area contributed by atoms with Crippen molar-refractivity contribution in [3.8, 4) is 0 Å². The van der Waals surface area contributed by atoms with Gasteiger partial charge in [0.2, 0.25) is 5.91 Å². The first-order valence-electron chi connectivity index (χ1n) is 4.94. The number of carbonyl (C=O) groups is 1. The van der Waals surface area contributed by atoms with Gasteiger partial charge in [0, 0.05) is 6.54 Å². The molecule has 13 heavy (non-hydrogen) atoms. The predicted molar refractivity (Wildman–Crippen MR) is 60.1 cm³/mol. The maximum Gasteiger partial charge on any atom is 0.233 e. The molecule has 0 fully saturated rings. The first-order chi connectivity index (χ1) is 5.99. The van der Waals surface area contributed by atoms with Crippen molar-refractivity contribution in [1.82, 2.24) is 5.32 Å². The van der Waals surface area contributed by atoms with E-state index in [0.29, 0.717) is 11.8 Å². The van der Waals surface area contributed by atoms with Crippen molar-refractivity contribution in [2.75, 3.05) is 6.54 Å². The summed E-state index contributed by atoms with van der Waals surface area (Å²) in [6.07, 6.45) is 1.10. The van der Waals surface area contributed by atoms with Gasteiger partial charge < -0.3 is 5.32 Å². The van der Waals surface area contributed by atoms with E-state index in [1.807, 2.05) is 13.8 Å². The monoisotopic (exact) mass is 203 g/mol. The second-order valence-corrected chi connectivity index (χ2v) is 4.50. The van der Waals surface area contributed by atoms with Crippen LogP contribution >= 0.6 is 12.6 Å². The van der Waals surface area contributed by atoms with Gasteiger partial charge in [0.05, 0.1) is 5.25 Å². The van der Waals surface area contributed by atoms with Crippen molar-refractivity contribution in [3.05, 3.63) is 0 Å². The first-order valence-corrected chi connectivity index (χ1v) is 5.46. The Morgan fingerprint density at radius 2 is 1.92 bits per heavy atom. The lowest BCUT2D eigenvalue weighted by molar-refractivity contribution is -0.121. The summed E-state index contributed by atoms with van der Waals surface area (Å²) in [7, 11) is 0. The lowest BCUT2D eigenvalue weighted by Crippen LogP contribution is -2.36. The topological polar surface area (TPSA) is 29.1 Å². The summed E-state index contributed by atoms with van der Waals surface area (Å²) in [5, 5.41) is 2.72. The molecule has 78 valence electrons. The molecule has 0 radical (unpaired) electrons. The van der Waals surface area contributed by atoms with Crippen LogP contribution < -0.4 is 5.32 Å². The molecule has 0 aliphatic carbocycles. The Labute approximate surface area is 86.9 Å². The van der Waals surface area contributed by atoms with Crippen molar-refractivity contribution in [1.29, 1.82) is 0 Å². The molecule has 0 bridgehead atoms. The van der Waals surface area contributed by atoms with Crippen molar-refractivity contribution in [3.63, 3.8) is 0 Å². The summed E-state index contributed by atoms with van der Waals surface area (Å²) in [4.78, 5) is 11.4. The van der Waals surface area contributed by atoms with Crippen LogP contribution in [0.4, 0.5) is 0 Å². The fourth-order valence-electron chi connectivity index (χ4n) is 0.826. The van der Waals surface area contributed by atoms with Crippen LogP contribution in [-0.4, -0.2) is 17.7 Å². The van der Waals surface area contributed by atoms with Gasteiger partial charge in [-0.15, -0.1) is 0 Å². The minimum Gasteiger partial charge on any atom is -0.355 e. The fourth-order valence-corrected chi connectivity index (χ4v) is 0.918. The van der Waals surface area contributed by atoms with Gasteiger partial charge >= 0.3 is 0 Å². The average molecular weight is 203 g/mol. The van der Waals surface area contributed by atoms with Crippen LogP contribution in [0.1, 0.15) is 34.1 Å². The third-order valence-corrected chi connectivity index (χ3v) is 3.05. The highest BCUT2D eigenvalue weighted by Crippen LogP contribution is 2.08. The Kier molecular flexibility index (Phi) is 6.21. The molecule has 3 heteroatoms. The van der Waals surface area contributed by atoms with E-state index in [9.17, 15) is 4.79 Å². The Bertz CT molecular complexity index is 159. The van der Waals surface area contributed by atoms with Crippen molar-refractivity contribution in [2.24, 2.45) is 11.8 Å². The van der Waals surface area contributed by atoms with E-state index >= 15 is 0 Å². The van der Waals surface area contributed by atoms with E-state index in [-0.39, 0.29) is 11.2 Å². The molecule has 0 rings (SSSR count). The van der Waals surface area contributed by atoms with Crippen LogP contribution in [0.15, 0.2) is 0 Å². The Hall–Kier alpha value is -0.180. The van der Waals surface area contributed by atoms with Gasteiger partial charge in [-0.3, -0.25) is 4.79 Å². The van der Waals surface area contributed by atoms with Crippen LogP contribution in [0.25, 0.3) is 0 Å². The largest absolute Gasteiger partial charge is 0.355 e. The van der Waals surface area contributed by atoms with Gasteiger partial charge in [-0.25, -0.2) is 0 Å². The Morgan fingerprint density at radius 3 is 2.31 bits per heavy atom. The number of amides is 1. The lowest BCUT2D eigenvalue weighted by Gasteiger charge is -2.16. The summed E-state index contributed by atoms with van der Waals surface area (Å²) in [6, 6.07) is 0. The first kappa shape index (κ1) is 12.8. The molecule has 1 amide bonds. The molecule has 0 saturated carbocycles. The zero-order chi connectivity index (χ0) is 10.4. The van der Waals surface area contributed by atoms with E-state index in [1.165, 1.54) is 0 Å². The smallest absolute Gasteiger partial charge is 0.233 e. The molecule has 1 N–H and O–H groups in total. The van der Waals surface area contributed by atoms with Gasteiger partial charge in [-0.1, -0.05) is 34.1 Å². The SMILES string of the molecule is CCC(C)CNC(=O)C(S)C(C)C. The maximum atomic E-state index is 11.4. The Balaban J connectivity index is 3.74. The summed E-state index contributed by atoms with van der Waals surface area (Å²) in [6.45, 7) is 9.01. The van der Waals surface area contributed by atoms with Gasteiger partial charge in [0.25, 0.3) is 0 Å². The number of hydrogen-bond acceptors (Lipinski definition) is 2. The predicted octanol–water partition coefficient (Wildman–Crippen LogP) is 2.10. The molecule has 0 saturated heterocycles. The quantitative estimate of drug-likeness (QED) is 0.658. The van der Waals surface area contributed by atoms with Crippen LogP contribution in [0, 0.1) is 11.8 Å². The third kappa shape index (κ3) is 5.19. The molecule has 0 aromatic heterocycles. The molecule has 2 nitrogen and oxygen atoms in total. The number of rotatable bonds is 5. The van der Waals surface area contributed by atoms with Crippen LogP contribution in [0.3, 0.4) is 0 Å². The van der Waals surface area contributed by atoms with Gasteiger partial charge in [0.1, 0.15) is 0 Å². The molecule has 2 atom stereocenters. The normalized spacial score (nSPS) is 15.5. The molecule has 0 heterocycles. The molecule has 0 aromatic rings. The van der Waals surface area contributed by atoms with E-state index in [4.69, 9.17) is 0 Å². The number of nitrogens with one attached hydrogen (secondary N) is 1. The molecular formula is C10H21NOS. The van der Waals surface area contributed by atoms with Crippen molar-refractivity contribution < 1.29 is 4.79 Å². The van der Waals surface area contributed by atoms with Gasteiger partial charge in [-0.05, 0) is 11.8 Å². The van der Waals surface area contributed by atoms with E-state index in [1.54, 1.807) is 0 Å². The third-order valence-electron chi connectivity index (χ3n) is 2.22. The molecule has 2 unspecified atom stereocenters. The molecule has 0 aromatic carbocycles. The van der Waals surface area contributed by atoms with Crippen LogP contribution in [-0.2, 0) is 4.79 Å². The molecule has 0 spiro atoms. The second kappa shape index (κ2) is 6.30. The zero-order valence-electron chi connectivity index (χ0n) is 9.00. The fraction of sp³-hybridized carbons (Fsp3) is 0.900. The highest BCUT2D eigenvalue weighted by molar-refractivity contribution is 7.81. The summed E-state index contributed by atoms with van der Waals surface area (Å²) >= 11 is 4.24. The summed E-state index contributed by atoms with van der Waals surface area (Å²) < 4.78 is 0. The van der Waals surface area contributed by atoms with E-state index < -0.39 is 0 Å². The number of carbonyl (C=O) groups excluding carboxylic acids is 1. The number of hydrogen-bond donors (Lipinski definition) is 2. The molecule has 0 aliphatic rings. The van der Waals surface area contributed by atoms with Crippen LogP contribution in [0.5, 0.6) is 0 Å². The zero-order valence-corrected chi connectivity index (χ0v) is 9.90. The lowest BCUT2D eigenvalue weighted by atomic mass is 10.1. The second-order valence-electron chi connectivity index (χ2n) is 3.95. The summed E-state index contributed by atoms with van der Waals surface area (Å²) in [5.41, 5.74) is 0. The van der Waals surface area contributed by atoms with Gasteiger partial charge in [0.15, 0.2) is 0 Å². The molecule has 0 aliphatic heterocycles. The standard InChI is InChI=1S/C10H21NOS/c1-5-8(4)6-11-10(12)9(13)7(2)3/h7-9,13H,5-6H2,1-4H3,(H,11,12). The van der Waals surface area contributed by atoms with Gasteiger partial charge in [-0.2, -0.15) is 12.6 Å². The van der Waals surface area contributed by atoms with Crippen LogP contribution in [0.2, 0.25) is 0 Å². The Morgan fingerprint density at radius 1 is 1.38 bits per heavy atom. The van der Waals surface area contributed by atoms with E-state index in [2.05, 4.69) is 31.8 Å². The highest BCUT2D eigenvalue weighted by Gasteiger charge is 2.17. The molecular weight excluding hydrogens is 182 g/mol. The average Bonchev–Trinajstić information content (AvgIpc) is 2.11. The highest BCUT2D eigenvalue weighted by atomic mass is 32.1. The minimum absolute atomic E-state index is 0.0543.